The summed E-state index contributed by atoms with van der Waals surface area (Å²) in [6.45, 7) is 4.07. The van der Waals surface area contributed by atoms with Gasteiger partial charge in [-0.25, -0.2) is 4.98 Å². The van der Waals surface area contributed by atoms with E-state index in [1.54, 1.807) is 11.3 Å². The van der Waals surface area contributed by atoms with E-state index in [2.05, 4.69) is 49.4 Å². The lowest BCUT2D eigenvalue weighted by Crippen LogP contribution is -3.06. The van der Waals surface area contributed by atoms with Crippen molar-refractivity contribution in [1.82, 2.24) is 15.2 Å². The van der Waals surface area contributed by atoms with Crippen LogP contribution in [0.4, 0.5) is 0 Å². The number of rotatable bonds is 5. The predicted octanol–water partition coefficient (Wildman–Crippen LogP) is 1.31. The highest BCUT2D eigenvalue weighted by atomic mass is 32.1. The molecule has 0 aliphatic heterocycles. The average molecular weight is 324 g/mol. The number of thiocarbonyl (C=S) groups is 1. The predicted molar refractivity (Wildman–Crippen MR) is 94.1 cm³/mol. The second-order valence-electron chi connectivity index (χ2n) is 5.50. The van der Waals surface area contributed by atoms with E-state index >= 15 is 0 Å². The van der Waals surface area contributed by atoms with E-state index in [4.69, 9.17) is 17.2 Å². The number of hydrogen-bond donors (Lipinski definition) is 2. The van der Waals surface area contributed by atoms with Gasteiger partial charge in [0.15, 0.2) is 5.11 Å². The lowest BCUT2D eigenvalue weighted by Gasteiger charge is -2.26. The van der Waals surface area contributed by atoms with Gasteiger partial charge in [-0.15, -0.1) is 11.3 Å². The Hall–Kier alpha value is -1.24. The normalized spacial score (nSPS) is 12.6. The summed E-state index contributed by atoms with van der Waals surface area (Å²) in [6, 6.07) is 8.41. The van der Waals surface area contributed by atoms with E-state index in [9.17, 15) is 0 Å². The lowest BCUT2D eigenvalue weighted by atomic mass is 10.3. The molecule has 0 saturated carbocycles. The van der Waals surface area contributed by atoms with Crippen LogP contribution in [0.1, 0.15) is 18.0 Å². The highest BCUT2D eigenvalue weighted by molar-refractivity contribution is 7.80. The Morgan fingerprint density at radius 3 is 2.81 bits per heavy atom. The monoisotopic (exact) mass is 323 g/mol. The smallest absolute Gasteiger partial charge is 0.169 e. The molecule has 0 bridgehead atoms. The van der Waals surface area contributed by atoms with Crippen LogP contribution in [-0.2, 0) is 0 Å². The first kappa shape index (κ1) is 16.1. The van der Waals surface area contributed by atoms with Crippen molar-refractivity contribution in [2.75, 3.05) is 34.2 Å². The first-order valence-electron chi connectivity index (χ1n) is 7.14. The van der Waals surface area contributed by atoms with E-state index in [0.29, 0.717) is 0 Å². The summed E-state index contributed by atoms with van der Waals surface area (Å²) < 4.78 is 1.22. The van der Waals surface area contributed by atoms with Crippen LogP contribution in [0.15, 0.2) is 24.3 Å². The quantitative estimate of drug-likeness (QED) is 0.813. The number of likely N-dealkylation sites (N-methyl/N-ethyl adjacent to an activating group) is 1. The van der Waals surface area contributed by atoms with E-state index in [1.165, 1.54) is 9.60 Å². The van der Waals surface area contributed by atoms with Gasteiger partial charge in [0.2, 0.25) is 0 Å². The zero-order valence-corrected chi connectivity index (χ0v) is 14.6. The average Bonchev–Trinajstić information content (AvgIpc) is 2.89. The van der Waals surface area contributed by atoms with Crippen molar-refractivity contribution in [3.05, 3.63) is 29.3 Å². The summed E-state index contributed by atoms with van der Waals surface area (Å²) in [5, 5.41) is 5.19. The number of para-hydroxylation sites is 1. The van der Waals surface area contributed by atoms with Gasteiger partial charge >= 0.3 is 0 Å². The minimum atomic E-state index is 0.175. The maximum Gasteiger partial charge on any atom is 0.169 e. The van der Waals surface area contributed by atoms with Gasteiger partial charge in [0.25, 0.3) is 0 Å². The van der Waals surface area contributed by atoms with Crippen LogP contribution in [0, 0.1) is 0 Å². The molecule has 0 radical (unpaired) electrons. The molecule has 0 saturated heterocycles. The number of nitrogens with zero attached hydrogens (tertiary/aromatic N) is 2. The summed E-state index contributed by atoms with van der Waals surface area (Å²) in [5.74, 6) is 0. The molecule has 0 aliphatic rings. The van der Waals surface area contributed by atoms with Crippen molar-refractivity contribution in [1.29, 1.82) is 0 Å². The highest BCUT2D eigenvalue weighted by Gasteiger charge is 2.18. The minimum Gasteiger partial charge on any atom is -0.357 e. The Bertz CT molecular complexity index is 575. The van der Waals surface area contributed by atoms with Crippen molar-refractivity contribution in [2.45, 2.75) is 13.0 Å². The summed E-state index contributed by atoms with van der Waals surface area (Å²) in [6.07, 6.45) is 0. The van der Waals surface area contributed by atoms with Gasteiger partial charge in [-0.2, -0.15) is 0 Å². The summed E-state index contributed by atoms with van der Waals surface area (Å²) >= 11 is 7.20. The van der Waals surface area contributed by atoms with Crippen LogP contribution in [0.3, 0.4) is 0 Å². The maximum atomic E-state index is 5.47. The second-order valence-corrected chi connectivity index (χ2v) is 6.94. The summed E-state index contributed by atoms with van der Waals surface area (Å²) in [4.78, 5) is 8.20. The maximum absolute atomic E-state index is 5.47. The molecule has 2 rings (SSSR count). The van der Waals surface area contributed by atoms with E-state index in [-0.39, 0.29) is 6.04 Å². The zero-order chi connectivity index (χ0) is 15.4. The Morgan fingerprint density at radius 2 is 2.14 bits per heavy atom. The van der Waals surface area contributed by atoms with Gasteiger partial charge in [0.1, 0.15) is 5.01 Å². The number of fused-ring (bicyclic) bond motifs is 1. The number of aromatic nitrogens is 1. The second kappa shape index (κ2) is 7.15. The van der Waals surface area contributed by atoms with Gasteiger partial charge in [0, 0.05) is 7.05 Å². The van der Waals surface area contributed by atoms with Crippen LogP contribution in [0.25, 0.3) is 10.2 Å². The Kier molecular flexibility index (Phi) is 5.50. The molecule has 6 heteroatoms. The van der Waals surface area contributed by atoms with Crippen molar-refractivity contribution < 1.29 is 4.90 Å². The number of nitrogens with one attached hydrogen (secondary N) is 2. The minimum absolute atomic E-state index is 0.175. The van der Waals surface area contributed by atoms with Crippen LogP contribution >= 0.6 is 23.6 Å². The SMILES string of the molecule is C[C@H](c1nc2ccccc2s1)N(C)C(=S)NCC[NH+](C)C. The van der Waals surface area contributed by atoms with Crippen molar-refractivity contribution in [3.8, 4) is 0 Å². The molecule has 0 unspecified atom stereocenters. The molecule has 21 heavy (non-hydrogen) atoms. The molecule has 1 aromatic carbocycles. The Labute approximate surface area is 135 Å². The highest BCUT2D eigenvalue weighted by Crippen LogP contribution is 2.28. The Morgan fingerprint density at radius 1 is 1.43 bits per heavy atom. The molecule has 0 spiro atoms. The first-order chi connectivity index (χ1) is 9.99. The van der Waals surface area contributed by atoms with Crippen LogP contribution in [-0.4, -0.2) is 49.2 Å². The van der Waals surface area contributed by atoms with Crippen LogP contribution in [0.2, 0.25) is 0 Å². The van der Waals surface area contributed by atoms with Gasteiger partial charge in [-0.3, -0.25) is 0 Å². The van der Waals surface area contributed by atoms with Crippen LogP contribution in [0.5, 0.6) is 0 Å². The molecule has 1 heterocycles. The van der Waals surface area contributed by atoms with Gasteiger partial charge in [-0.05, 0) is 31.3 Å². The third-order valence-corrected chi connectivity index (χ3v) is 5.11. The first-order valence-corrected chi connectivity index (χ1v) is 8.36. The molecule has 1 aromatic heterocycles. The van der Waals surface area contributed by atoms with Gasteiger partial charge in [-0.1, -0.05) is 12.1 Å². The molecular weight excluding hydrogens is 300 g/mol. The summed E-state index contributed by atoms with van der Waals surface area (Å²) in [7, 11) is 6.30. The third kappa shape index (κ3) is 4.12. The number of thiazole rings is 1. The molecule has 1 atom stereocenters. The van der Waals surface area contributed by atoms with E-state index in [0.717, 1.165) is 28.7 Å². The van der Waals surface area contributed by atoms with Gasteiger partial charge in [0.05, 0.1) is 43.4 Å². The molecule has 4 nitrogen and oxygen atoms in total. The molecule has 0 aliphatic carbocycles. The van der Waals surface area contributed by atoms with E-state index < -0.39 is 0 Å². The number of benzene rings is 1. The molecule has 114 valence electrons. The van der Waals surface area contributed by atoms with Gasteiger partial charge < -0.3 is 15.1 Å². The Balaban J connectivity index is 2.00. The molecular formula is C15H23N4S2+. The third-order valence-electron chi connectivity index (χ3n) is 3.47. The molecule has 0 amide bonds. The fraction of sp³-hybridized carbons (Fsp3) is 0.467. The standard InChI is InChI=1S/C15H22N4S2/c1-11(19(4)15(20)16-9-10-18(2)3)14-17-12-7-5-6-8-13(12)21-14/h5-8,11H,9-10H2,1-4H3,(H,16,20)/p+1/t11-/m1/s1. The van der Waals surface area contributed by atoms with Crippen LogP contribution < -0.4 is 10.2 Å². The topological polar surface area (TPSA) is 32.6 Å². The zero-order valence-electron chi connectivity index (χ0n) is 13.0. The van der Waals surface area contributed by atoms with Crippen molar-refractivity contribution >= 4 is 38.9 Å². The largest absolute Gasteiger partial charge is 0.357 e. The molecule has 2 aromatic rings. The van der Waals surface area contributed by atoms with Crippen molar-refractivity contribution in [3.63, 3.8) is 0 Å². The van der Waals surface area contributed by atoms with Crippen molar-refractivity contribution in [2.24, 2.45) is 0 Å². The molecule has 2 N–H and O–H groups in total. The summed E-state index contributed by atoms with van der Waals surface area (Å²) in [5.41, 5.74) is 1.06. The molecule has 0 fully saturated rings. The fourth-order valence-corrected chi connectivity index (χ4v) is 3.28. The lowest BCUT2D eigenvalue weighted by molar-refractivity contribution is -0.856. The van der Waals surface area contributed by atoms with E-state index in [1.807, 2.05) is 13.1 Å². The number of quaternary nitrogens is 1. The number of hydrogen-bond acceptors (Lipinski definition) is 3. The fourth-order valence-electron chi connectivity index (χ4n) is 1.95.